The summed E-state index contributed by atoms with van der Waals surface area (Å²) in [5.41, 5.74) is -0.980. The third kappa shape index (κ3) is 3.86. The second kappa shape index (κ2) is 8.37. The fourth-order valence-electron chi connectivity index (χ4n) is 4.13. The van der Waals surface area contributed by atoms with Gasteiger partial charge in [0.1, 0.15) is 18.1 Å². The molecule has 1 aromatic carbocycles. The van der Waals surface area contributed by atoms with E-state index in [9.17, 15) is 28.0 Å². The zero-order valence-electron chi connectivity index (χ0n) is 16.8. The summed E-state index contributed by atoms with van der Waals surface area (Å²) in [7, 11) is 1.33. The second-order valence-corrected chi connectivity index (χ2v) is 7.73. The number of benzene rings is 1. The number of likely N-dealkylation sites (N-methyl/N-ethyl adjacent to an activating group) is 1. The first-order valence-electron chi connectivity index (χ1n) is 9.79. The number of urea groups is 1. The molecule has 1 saturated carbocycles. The highest BCUT2D eigenvalue weighted by molar-refractivity contribution is 6.09. The molecule has 1 aromatic rings. The molecule has 3 unspecified atom stereocenters. The number of nitrogens with zero attached hydrogens (tertiary/aromatic N) is 1. The lowest BCUT2D eigenvalue weighted by Crippen LogP contribution is -2.54. The van der Waals surface area contributed by atoms with Gasteiger partial charge >= 0.3 is 6.03 Å². The number of carbonyl (C=O) groups is 4. The van der Waals surface area contributed by atoms with Crippen molar-refractivity contribution < 1.29 is 28.0 Å². The zero-order chi connectivity index (χ0) is 22.1. The van der Waals surface area contributed by atoms with E-state index in [4.69, 9.17) is 0 Å². The smallest absolute Gasteiger partial charge is 0.325 e. The molecule has 1 saturated heterocycles. The van der Waals surface area contributed by atoms with E-state index in [2.05, 4.69) is 16.0 Å². The van der Waals surface area contributed by atoms with Crippen LogP contribution >= 0.6 is 0 Å². The third-order valence-electron chi connectivity index (χ3n) is 5.89. The van der Waals surface area contributed by atoms with Gasteiger partial charge in [-0.25, -0.2) is 13.6 Å². The molecule has 0 radical (unpaired) electrons. The van der Waals surface area contributed by atoms with E-state index in [1.165, 1.54) is 13.1 Å². The molecule has 3 N–H and O–H groups in total. The molecular formula is C20H24F2N4O4. The Morgan fingerprint density at radius 1 is 1.27 bits per heavy atom. The highest BCUT2D eigenvalue weighted by Gasteiger charge is 2.55. The van der Waals surface area contributed by atoms with Gasteiger partial charge in [-0.05, 0) is 36.5 Å². The van der Waals surface area contributed by atoms with Gasteiger partial charge in [-0.1, -0.05) is 25.8 Å². The quantitative estimate of drug-likeness (QED) is 0.623. The van der Waals surface area contributed by atoms with Crippen LogP contribution in [0.15, 0.2) is 18.2 Å². The molecule has 1 aliphatic heterocycles. The number of rotatable bonds is 5. The van der Waals surface area contributed by atoms with Gasteiger partial charge in [0.2, 0.25) is 11.8 Å². The molecule has 1 aliphatic carbocycles. The molecule has 0 aromatic heterocycles. The molecule has 2 fully saturated rings. The number of hydrogen-bond donors (Lipinski definition) is 3. The fraction of sp³-hybridized carbons (Fsp3) is 0.500. The van der Waals surface area contributed by atoms with Gasteiger partial charge in [-0.3, -0.25) is 19.3 Å². The number of imide groups is 1. The Morgan fingerprint density at radius 3 is 2.63 bits per heavy atom. The van der Waals surface area contributed by atoms with Crippen LogP contribution in [-0.4, -0.2) is 47.8 Å². The highest BCUT2D eigenvalue weighted by Crippen LogP contribution is 2.38. The van der Waals surface area contributed by atoms with Crippen molar-refractivity contribution in [2.24, 2.45) is 5.92 Å². The van der Waals surface area contributed by atoms with Crippen LogP contribution in [0.5, 0.6) is 0 Å². The van der Waals surface area contributed by atoms with Gasteiger partial charge in [0.25, 0.3) is 5.91 Å². The maximum absolute atomic E-state index is 13.6. The molecule has 1 heterocycles. The predicted molar refractivity (Wildman–Crippen MR) is 102 cm³/mol. The summed E-state index contributed by atoms with van der Waals surface area (Å²) in [5, 5.41) is 7.47. The van der Waals surface area contributed by atoms with Crippen LogP contribution < -0.4 is 16.0 Å². The lowest BCUT2D eigenvalue weighted by atomic mass is 9.73. The second-order valence-electron chi connectivity index (χ2n) is 7.73. The van der Waals surface area contributed by atoms with Crippen molar-refractivity contribution in [2.75, 3.05) is 13.6 Å². The fourth-order valence-corrected chi connectivity index (χ4v) is 4.13. The highest BCUT2D eigenvalue weighted by atomic mass is 19.2. The number of amides is 5. The van der Waals surface area contributed by atoms with Crippen molar-refractivity contribution in [1.29, 1.82) is 0 Å². The van der Waals surface area contributed by atoms with Crippen molar-refractivity contribution in [1.82, 2.24) is 20.9 Å². The van der Waals surface area contributed by atoms with Gasteiger partial charge in [0, 0.05) is 7.05 Å². The van der Waals surface area contributed by atoms with Crippen LogP contribution in [0.25, 0.3) is 0 Å². The van der Waals surface area contributed by atoms with Crippen LogP contribution in [0.3, 0.4) is 0 Å². The standard InChI is InChI=1S/C20H24F2N4O4/c1-11-5-3-4-8-20(11)18(29)26(19(30)25-20)10-15(27)24-16(17(28)23-2)12-6-7-13(21)14(22)9-12/h6-7,9,11,16H,3-5,8,10H2,1-2H3,(H,23,28)(H,24,27)(H,25,30). The first-order chi connectivity index (χ1) is 14.2. The minimum absolute atomic E-state index is 0.0242. The van der Waals surface area contributed by atoms with Crippen molar-refractivity contribution in [3.8, 4) is 0 Å². The summed E-state index contributed by atoms with van der Waals surface area (Å²) >= 11 is 0. The number of carbonyl (C=O) groups excluding carboxylic acids is 4. The van der Waals surface area contributed by atoms with Crippen molar-refractivity contribution in [3.05, 3.63) is 35.4 Å². The van der Waals surface area contributed by atoms with Crippen molar-refractivity contribution in [2.45, 2.75) is 44.2 Å². The van der Waals surface area contributed by atoms with E-state index in [-0.39, 0.29) is 11.5 Å². The maximum Gasteiger partial charge on any atom is 0.325 e. The average Bonchev–Trinajstić information content (AvgIpc) is 2.95. The Bertz CT molecular complexity index is 894. The number of nitrogens with one attached hydrogen (secondary N) is 3. The summed E-state index contributed by atoms with van der Waals surface area (Å²) in [6.45, 7) is 1.31. The molecule has 3 atom stereocenters. The summed E-state index contributed by atoms with van der Waals surface area (Å²) in [4.78, 5) is 51.0. The molecule has 3 rings (SSSR count). The van der Waals surface area contributed by atoms with Crippen molar-refractivity contribution >= 4 is 23.8 Å². The molecule has 1 spiro atoms. The normalized spacial score (nSPS) is 24.5. The Balaban J connectivity index is 1.75. The van der Waals surface area contributed by atoms with Crippen LogP contribution in [0, 0.1) is 17.6 Å². The SMILES string of the molecule is CNC(=O)C(NC(=O)CN1C(=O)NC2(CCCCC2C)C1=O)c1ccc(F)c(F)c1. The van der Waals surface area contributed by atoms with Crippen LogP contribution in [0.1, 0.15) is 44.2 Å². The summed E-state index contributed by atoms with van der Waals surface area (Å²) < 4.78 is 26.8. The average molecular weight is 422 g/mol. The minimum atomic E-state index is -1.32. The number of halogens is 2. The Kier molecular flexibility index (Phi) is 6.04. The van der Waals surface area contributed by atoms with Gasteiger partial charge < -0.3 is 16.0 Å². The van der Waals surface area contributed by atoms with E-state index in [0.29, 0.717) is 6.42 Å². The number of hydrogen-bond acceptors (Lipinski definition) is 4. The van der Waals surface area contributed by atoms with E-state index in [1.54, 1.807) is 0 Å². The monoisotopic (exact) mass is 422 g/mol. The molecule has 10 heteroatoms. The maximum atomic E-state index is 13.6. The van der Waals surface area contributed by atoms with Crippen molar-refractivity contribution in [3.63, 3.8) is 0 Å². The molecule has 8 nitrogen and oxygen atoms in total. The molecule has 30 heavy (non-hydrogen) atoms. The predicted octanol–water partition coefficient (Wildman–Crippen LogP) is 1.37. The summed E-state index contributed by atoms with van der Waals surface area (Å²) in [6, 6.07) is 0.847. The summed E-state index contributed by atoms with van der Waals surface area (Å²) in [6.07, 6.45) is 3.06. The van der Waals surface area contributed by atoms with E-state index in [0.717, 1.165) is 36.3 Å². The Hall–Kier alpha value is -3.04. The van der Waals surface area contributed by atoms with Crippen LogP contribution in [0.4, 0.5) is 13.6 Å². The largest absolute Gasteiger partial charge is 0.357 e. The first-order valence-corrected chi connectivity index (χ1v) is 9.79. The molecule has 162 valence electrons. The zero-order valence-corrected chi connectivity index (χ0v) is 16.8. The minimum Gasteiger partial charge on any atom is -0.357 e. The van der Waals surface area contributed by atoms with E-state index < -0.39 is 53.5 Å². The summed E-state index contributed by atoms with van der Waals surface area (Å²) in [5.74, 6) is -4.22. The van der Waals surface area contributed by atoms with E-state index in [1.807, 2.05) is 6.92 Å². The van der Waals surface area contributed by atoms with Gasteiger partial charge in [-0.2, -0.15) is 0 Å². The van der Waals surface area contributed by atoms with Crippen LogP contribution in [0.2, 0.25) is 0 Å². The van der Waals surface area contributed by atoms with Crippen LogP contribution in [-0.2, 0) is 14.4 Å². The lowest BCUT2D eigenvalue weighted by molar-refractivity contribution is -0.137. The lowest BCUT2D eigenvalue weighted by Gasteiger charge is -2.36. The molecular weight excluding hydrogens is 398 g/mol. The van der Waals surface area contributed by atoms with Gasteiger partial charge in [0.05, 0.1) is 0 Å². The molecule has 0 bridgehead atoms. The first kappa shape index (κ1) is 21.7. The Morgan fingerprint density at radius 2 is 2.00 bits per heavy atom. The van der Waals surface area contributed by atoms with Gasteiger partial charge in [0.15, 0.2) is 11.6 Å². The molecule has 2 aliphatic rings. The Labute approximate surface area is 172 Å². The van der Waals surface area contributed by atoms with E-state index >= 15 is 0 Å². The third-order valence-corrected chi connectivity index (χ3v) is 5.89. The topological polar surface area (TPSA) is 108 Å². The molecule has 5 amide bonds. The van der Waals surface area contributed by atoms with Gasteiger partial charge in [-0.15, -0.1) is 0 Å².